The molecule has 0 rings (SSSR count). The third-order valence-electron chi connectivity index (χ3n) is 19.7. The maximum absolute atomic E-state index is 13.0. The van der Waals surface area contributed by atoms with Gasteiger partial charge >= 0.3 is 11.9 Å². The molecule has 0 radical (unpaired) electrons. The number of likely N-dealkylation sites (N-methyl/N-ethyl adjacent to an activating group) is 1. The summed E-state index contributed by atoms with van der Waals surface area (Å²) in [4.78, 5) is 37.7. The number of unbranched alkanes of at least 4 members (excludes halogenated alkanes) is 53. The van der Waals surface area contributed by atoms with E-state index < -0.39 is 24.3 Å². The van der Waals surface area contributed by atoms with Gasteiger partial charge in [-0.25, -0.2) is 0 Å². The zero-order valence-corrected chi connectivity index (χ0v) is 67.5. The van der Waals surface area contributed by atoms with Crippen molar-refractivity contribution in [3.63, 3.8) is 0 Å². The number of carboxylic acids is 1. The molecule has 101 heavy (non-hydrogen) atoms. The molecule has 588 valence electrons. The highest BCUT2D eigenvalue weighted by atomic mass is 16.7. The van der Waals surface area contributed by atoms with Crippen LogP contribution in [0.4, 0.5) is 0 Å². The molecule has 0 aliphatic carbocycles. The van der Waals surface area contributed by atoms with Crippen molar-refractivity contribution in [2.24, 2.45) is 0 Å². The van der Waals surface area contributed by atoms with Crippen molar-refractivity contribution >= 4 is 17.9 Å². The average Bonchev–Trinajstić information content (AvgIpc) is 1.21. The second-order valence-electron chi connectivity index (χ2n) is 30.8. The quantitative estimate of drug-likeness (QED) is 0.0195. The van der Waals surface area contributed by atoms with Gasteiger partial charge in [0.15, 0.2) is 12.4 Å². The lowest BCUT2D eigenvalue weighted by molar-refractivity contribution is -0.870. The van der Waals surface area contributed by atoms with Crippen molar-refractivity contribution in [2.45, 2.75) is 437 Å². The van der Waals surface area contributed by atoms with E-state index in [1.165, 1.54) is 315 Å². The summed E-state index contributed by atoms with van der Waals surface area (Å²) in [6.45, 7) is 4.71. The second kappa shape index (κ2) is 82.1. The summed E-state index contributed by atoms with van der Waals surface area (Å²) < 4.78 is 22.9. The van der Waals surface area contributed by atoms with Crippen molar-refractivity contribution in [3.05, 3.63) is 85.1 Å². The summed E-state index contributed by atoms with van der Waals surface area (Å²) in [7, 11) is 5.95. The van der Waals surface area contributed by atoms with Crippen LogP contribution in [0.2, 0.25) is 0 Å². The van der Waals surface area contributed by atoms with Crippen molar-refractivity contribution < 1.29 is 42.9 Å². The molecule has 0 saturated heterocycles. The van der Waals surface area contributed by atoms with E-state index in [4.69, 9.17) is 18.9 Å². The van der Waals surface area contributed by atoms with Gasteiger partial charge in [0.1, 0.15) is 13.2 Å². The zero-order chi connectivity index (χ0) is 73.2. The molecule has 2 atom stereocenters. The largest absolute Gasteiger partial charge is 0.545 e. The van der Waals surface area contributed by atoms with Crippen LogP contribution >= 0.6 is 0 Å². The van der Waals surface area contributed by atoms with Crippen molar-refractivity contribution in [2.75, 3.05) is 47.5 Å². The van der Waals surface area contributed by atoms with Gasteiger partial charge in [0.25, 0.3) is 0 Å². The van der Waals surface area contributed by atoms with Gasteiger partial charge < -0.3 is 33.3 Å². The summed E-state index contributed by atoms with van der Waals surface area (Å²) in [6, 6.07) is 0. The highest BCUT2D eigenvalue weighted by Crippen LogP contribution is 2.20. The van der Waals surface area contributed by atoms with E-state index in [-0.39, 0.29) is 32.2 Å². The zero-order valence-electron chi connectivity index (χ0n) is 67.5. The minimum Gasteiger partial charge on any atom is -0.545 e. The molecule has 0 bridgehead atoms. The highest BCUT2D eigenvalue weighted by Gasteiger charge is 2.22. The summed E-state index contributed by atoms with van der Waals surface area (Å²) in [6.07, 6.45) is 110. The Morgan fingerprint density at radius 1 is 0.307 bits per heavy atom. The van der Waals surface area contributed by atoms with Crippen LogP contribution in [0.3, 0.4) is 0 Å². The number of allylic oxidation sites excluding steroid dienone is 14. The first-order chi connectivity index (χ1) is 49.6. The minimum absolute atomic E-state index is 0.149. The number of aliphatic carboxylic acids is 1. The smallest absolute Gasteiger partial charge is 0.306 e. The van der Waals surface area contributed by atoms with Gasteiger partial charge in [-0.2, -0.15) is 0 Å². The van der Waals surface area contributed by atoms with Gasteiger partial charge in [0, 0.05) is 12.8 Å². The van der Waals surface area contributed by atoms with E-state index in [2.05, 4.69) is 98.9 Å². The normalized spacial score (nSPS) is 13.0. The molecule has 0 aromatic heterocycles. The number of hydrogen-bond donors (Lipinski definition) is 0. The van der Waals surface area contributed by atoms with E-state index in [9.17, 15) is 19.5 Å². The van der Waals surface area contributed by atoms with Crippen molar-refractivity contribution in [1.29, 1.82) is 0 Å². The van der Waals surface area contributed by atoms with Crippen molar-refractivity contribution in [1.82, 2.24) is 0 Å². The number of nitrogens with zero attached hydrogens (tertiary/aromatic N) is 1. The number of esters is 2. The molecule has 0 amide bonds. The number of rotatable bonds is 82. The Kier molecular flexibility index (Phi) is 79.3. The standard InChI is InChI=1S/C92H167NO8/c1-6-8-10-12-14-16-18-20-22-24-26-28-30-32-34-36-38-40-42-43-44-45-46-47-49-51-53-55-57-59-61-63-65-67-69-71-73-75-77-79-81-83-90(95)101-88(87-100-92(91(96)97)98-85-84-93(3,4)5)86-99-89(94)82-80-78-76-74-72-70-68-66-64-62-60-58-56-54-52-50-48-41-39-37-35-33-31-29-27-25-23-21-19-17-15-13-11-9-7-2/h8,10,14,16,20,22,26,28,32,34,38,40,43-44,88,92H,6-7,9,11-13,15,17-19,21,23-25,27,29-31,33,35-37,39,41-42,45-87H2,1-5H3/b10-8-,16-14-,22-20-,28-26-,34-32-,40-38-,44-43-. The molecule has 0 saturated carbocycles. The maximum Gasteiger partial charge on any atom is 0.306 e. The highest BCUT2D eigenvalue weighted by molar-refractivity contribution is 5.70. The molecule has 0 aromatic carbocycles. The predicted molar refractivity (Wildman–Crippen MR) is 435 cm³/mol. The molecule has 0 aromatic rings. The van der Waals surface area contributed by atoms with Crippen LogP contribution < -0.4 is 5.11 Å². The molecular weight excluding hydrogens is 1250 g/mol. The number of ether oxygens (including phenoxy) is 4. The van der Waals surface area contributed by atoms with Gasteiger partial charge in [-0.3, -0.25) is 9.59 Å². The van der Waals surface area contributed by atoms with E-state index in [0.29, 0.717) is 23.9 Å². The van der Waals surface area contributed by atoms with Gasteiger partial charge in [0.05, 0.1) is 40.3 Å². The Labute approximate surface area is 627 Å². The van der Waals surface area contributed by atoms with Gasteiger partial charge in [-0.15, -0.1) is 0 Å². The summed E-state index contributed by atoms with van der Waals surface area (Å²) in [5.41, 5.74) is 0. The second-order valence-corrected chi connectivity index (χ2v) is 30.8. The summed E-state index contributed by atoms with van der Waals surface area (Å²) in [5, 5.41) is 11.9. The Hall–Kier alpha value is -3.53. The van der Waals surface area contributed by atoms with Crippen LogP contribution in [0.5, 0.6) is 0 Å². The van der Waals surface area contributed by atoms with E-state index in [0.717, 1.165) is 77.0 Å². The first kappa shape index (κ1) is 97.5. The predicted octanol–water partition coefficient (Wildman–Crippen LogP) is 27.2. The monoisotopic (exact) mass is 1410 g/mol. The van der Waals surface area contributed by atoms with Crippen LogP contribution in [0.25, 0.3) is 0 Å². The van der Waals surface area contributed by atoms with Crippen LogP contribution in [-0.4, -0.2) is 82.3 Å². The van der Waals surface area contributed by atoms with Crippen LogP contribution in [0, 0.1) is 0 Å². The Balaban J connectivity index is 3.94. The molecule has 0 spiro atoms. The van der Waals surface area contributed by atoms with Gasteiger partial charge in [-0.05, 0) is 70.6 Å². The van der Waals surface area contributed by atoms with Crippen LogP contribution in [0.15, 0.2) is 85.1 Å². The number of carbonyl (C=O) groups excluding carboxylic acids is 3. The Morgan fingerprint density at radius 2 is 0.564 bits per heavy atom. The lowest BCUT2D eigenvalue weighted by Crippen LogP contribution is -2.44. The SMILES string of the molecule is CC/C=C\C/C=C\C/C=C\C/C=C\C/C=C\C/C=C\C/C=C\CCCCCCCCCCCCCCCCCCCCCC(=O)OC(COC(=O)CCCCCCCCCCCCCCCCCCCCCCCCCCCCCCCCCCCCC)COC(OCC[N+](C)(C)C)C(=O)[O-]. The third-order valence-corrected chi connectivity index (χ3v) is 19.7. The first-order valence-corrected chi connectivity index (χ1v) is 43.7. The molecule has 0 aliphatic rings. The Morgan fingerprint density at radius 3 is 0.842 bits per heavy atom. The molecule has 2 unspecified atom stereocenters. The van der Waals surface area contributed by atoms with Crippen LogP contribution in [0.1, 0.15) is 425 Å². The molecule has 0 heterocycles. The van der Waals surface area contributed by atoms with Crippen LogP contribution in [-0.2, 0) is 33.3 Å². The fraction of sp³-hybridized carbons (Fsp3) is 0.815. The third kappa shape index (κ3) is 83.6. The summed E-state index contributed by atoms with van der Waals surface area (Å²) in [5.74, 6) is -2.25. The molecule has 9 heteroatoms. The molecule has 9 nitrogen and oxygen atoms in total. The lowest BCUT2D eigenvalue weighted by Gasteiger charge is -2.26. The molecular formula is C92H167NO8. The maximum atomic E-state index is 13.0. The fourth-order valence-electron chi connectivity index (χ4n) is 13.1. The number of quaternary nitrogens is 1. The summed E-state index contributed by atoms with van der Waals surface area (Å²) >= 11 is 0. The first-order valence-electron chi connectivity index (χ1n) is 43.7. The lowest BCUT2D eigenvalue weighted by atomic mass is 10.0. The average molecular weight is 1420 g/mol. The van der Waals surface area contributed by atoms with E-state index in [1.807, 2.05) is 21.1 Å². The van der Waals surface area contributed by atoms with Gasteiger partial charge in [-0.1, -0.05) is 426 Å². The number of hydrogen-bond acceptors (Lipinski definition) is 8. The van der Waals surface area contributed by atoms with Gasteiger partial charge in [0.2, 0.25) is 0 Å². The molecule has 0 fully saturated rings. The Bertz CT molecular complexity index is 1940. The minimum atomic E-state index is -1.62. The van der Waals surface area contributed by atoms with E-state index in [1.54, 1.807) is 0 Å². The number of carboxylic acid groups (broad SMARTS) is 1. The molecule has 0 N–H and O–H groups in total. The van der Waals surface area contributed by atoms with E-state index >= 15 is 0 Å². The number of carbonyl (C=O) groups is 3. The van der Waals surface area contributed by atoms with Crippen molar-refractivity contribution in [3.8, 4) is 0 Å². The fourth-order valence-corrected chi connectivity index (χ4v) is 13.1. The molecule has 0 aliphatic heterocycles. The topological polar surface area (TPSA) is 111 Å².